The van der Waals surface area contributed by atoms with Crippen LogP contribution in [0, 0.1) is 5.92 Å². The molecule has 1 aromatic carbocycles. The van der Waals surface area contributed by atoms with Gasteiger partial charge in [0, 0.05) is 18.0 Å². The summed E-state index contributed by atoms with van der Waals surface area (Å²) in [6, 6.07) is 13.2. The van der Waals surface area contributed by atoms with Crippen LogP contribution in [0.15, 0.2) is 41.8 Å². The summed E-state index contributed by atoms with van der Waals surface area (Å²) in [6.07, 6.45) is 1.17. The van der Waals surface area contributed by atoms with Crippen molar-refractivity contribution in [2.75, 3.05) is 0 Å². The molecule has 0 saturated heterocycles. The van der Waals surface area contributed by atoms with Crippen LogP contribution >= 0.6 is 11.3 Å². The zero-order valence-electron chi connectivity index (χ0n) is 11.1. The fraction of sp³-hybridized carbons (Fsp3) is 0.375. The predicted octanol–water partition coefficient (Wildman–Crippen LogP) is 4.24. The van der Waals surface area contributed by atoms with Crippen LogP contribution in [-0.2, 0) is 19.5 Å². The highest BCUT2D eigenvalue weighted by molar-refractivity contribution is 7.09. The van der Waals surface area contributed by atoms with Gasteiger partial charge in [-0.15, -0.1) is 11.3 Å². The molecular formula is C16H21NS. The Bertz CT molecular complexity index is 442. The quantitative estimate of drug-likeness (QED) is 0.818. The smallest absolute Gasteiger partial charge is 0.0302 e. The van der Waals surface area contributed by atoms with Crippen molar-refractivity contribution in [2.45, 2.75) is 33.4 Å². The van der Waals surface area contributed by atoms with Crippen molar-refractivity contribution in [3.63, 3.8) is 0 Å². The van der Waals surface area contributed by atoms with Gasteiger partial charge < -0.3 is 5.32 Å². The molecule has 2 aromatic rings. The molecule has 1 N–H and O–H groups in total. The number of benzene rings is 1. The molecule has 0 amide bonds. The zero-order valence-corrected chi connectivity index (χ0v) is 12.0. The molecule has 0 spiro atoms. The van der Waals surface area contributed by atoms with Crippen molar-refractivity contribution >= 4 is 11.3 Å². The molecule has 0 aliphatic heterocycles. The van der Waals surface area contributed by atoms with Crippen LogP contribution < -0.4 is 5.32 Å². The van der Waals surface area contributed by atoms with E-state index >= 15 is 0 Å². The molecule has 2 heteroatoms. The molecule has 0 aliphatic rings. The van der Waals surface area contributed by atoms with E-state index < -0.39 is 0 Å². The third kappa shape index (κ3) is 4.28. The largest absolute Gasteiger partial charge is 0.308 e. The second-order valence-electron chi connectivity index (χ2n) is 5.10. The molecule has 0 unspecified atom stereocenters. The lowest BCUT2D eigenvalue weighted by molar-refractivity contribution is 0.646. The van der Waals surface area contributed by atoms with E-state index in [4.69, 9.17) is 0 Å². The Morgan fingerprint density at radius 3 is 2.33 bits per heavy atom. The molecule has 1 aromatic heterocycles. The summed E-state index contributed by atoms with van der Waals surface area (Å²) in [4.78, 5) is 1.39. The maximum absolute atomic E-state index is 3.47. The van der Waals surface area contributed by atoms with Crippen LogP contribution in [0.4, 0.5) is 0 Å². The molecule has 0 atom stereocenters. The maximum atomic E-state index is 3.47. The second kappa shape index (κ2) is 6.72. The molecule has 96 valence electrons. The van der Waals surface area contributed by atoms with Gasteiger partial charge in [-0.3, -0.25) is 0 Å². The first kappa shape index (κ1) is 13.3. The first-order valence-corrected chi connectivity index (χ1v) is 7.43. The van der Waals surface area contributed by atoms with E-state index in [1.54, 1.807) is 11.3 Å². The van der Waals surface area contributed by atoms with Crippen LogP contribution in [0.5, 0.6) is 0 Å². The highest BCUT2D eigenvalue weighted by Gasteiger charge is 1.98. The summed E-state index contributed by atoms with van der Waals surface area (Å²) in [5.74, 6) is 0.729. The molecule has 1 nitrogen and oxygen atoms in total. The lowest BCUT2D eigenvalue weighted by Gasteiger charge is -2.07. The van der Waals surface area contributed by atoms with Gasteiger partial charge in [-0.2, -0.15) is 0 Å². The van der Waals surface area contributed by atoms with Gasteiger partial charge in [-0.25, -0.2) is 0 Å². The molecule has 1 heterocycles. The standard InChI is InChI=1S/C16H21NS/c1-13(2)10-14-5-7-15(8-6-14)11-17-12-16-4-3-9-18-16/h3-9,13,17H,10-12H2,1-2H3. The van der Waals surface area contributed by atoms with Crippen molar-refractivity contribution in [3.05, 3.63) is 57.8 Å². The van der Waals surface area contributed by atoms with E-state index in [1.807, 2.05) is 0 Å². The van der Waals surface area contributed by atoms with E-state index in [-0.39, 0.29) is 0 Å². The lowest BCUT2D eigenvalue weighted by atomic mass is 10.0. The minimum absolute atomic E-state index is 0.729. The monoisotopic (exact) mass is 259 g/mol. The van der Waals surface area contributed by atoms with Crippen molar-refractivity contribution in [1.82, 2.24) is 5.32 Å². The number of hydrogen-bond acceptors (Lipinski definition) is 2. The summed E-state index contributed by atoms with van der Waals surface area (Å²) >= 11 is 1.80. The number of rotatable bonds is 6. The van der Waals surface area contributed by atoms with Crippen molar-refractivity contribution < 1.29 is 0 Å². The van der Waals surface area contributed by atoms with E-state index in [9.17, 15) is 0 Å². The summed E-state index contributed by atoms with van der Waals surface area (Å²) in [7, 11) is 0. The molecule has 2 rings (SSSR count). The SMILES string of the molecule is CC(C)Cc1ccc(CNCc2cccs2)cc1. The Labute approximate surface area is 114 Å². The maximum Gasteiger partial charge on any atom is 0.0302 e. The van der Waals surface area contributed by atoms with Crippen molar-refractivity contribution in [1.29, 1.82) is 0 Å². The normalized spacial score (nSPS) is 11.1. The molecule has 0 saturated carbocycles. The molecule has 0 bridgehead atoms. The summed E-state index contributed by atoms with van der Waals surface area (Å²) in [5, 5.41) is 5.60. The Kier molecular flexibility index (Phi) is 4.97. The Hall–Kier alpha value is -1.12. The van der Waals surface area contributed by atoms with E-state index in [1.165, 1.54) is 22.4 Å². The fourth-order valence-corrected chi connectivity index (χ4v) is 2.68. The number of thiophene rings is 1. The van der Waals surface area contributed by atoms with Gasteiger partial charge in [0.1, 0.15) is 0 Å². The minimum atomic E-state index is 0.729. The Balaban J connectivity index is 1.79. The van der Waals surface area contributed by atoms with Gasteiger partial charge in [0.25, 0.3) is 0 Å². The van der Waals surface area contributed by atoms with Crippen LogP contribution in [0.25, 0.3) is 0 Å². The predicted molar refractivity (Wildman–Crippen MR) is 79.8 cm³/mol. The lowest BCUT2D eigenvalue weighted by Crippen LogP contribution is -2.11. The molecule has 0 fully saturated rings. The van der Waals surface area contributed by atoms with Gasteiger partial charge in [0.2, 0.25) is 0 Å². The number of hydrogen-bond donors (Lipinski definition) is 1. The highest BCUT2D eigenvalue weighted by atomic mass is 32.1. The summed E-state index contributed by atoms with van der Waals surface area (Å²) in [6.45, 7) is 6.43. The third-order valence-electron chi connectivity index (χ3n) is 2.88. The molecule has 18 heavy (non-hydrogen) atoms. The highest BCUT2D eigenvalue weighted by Crippen LogP contribution is 2.11. The van der Waals surface area contributed by atoms with Crippen LogP contribution in [0.3, 0.4) is 0 Å². The summed E-state index contributed by atoms with van der Waals surface area (Å²) < 4.78 is 0. The van der Waals surface area contributed by atoms with Crippen LogP contribution in [-0.4, -0.2) is 0 Å². The minimum Gasteiger partial charge on any atom is -0.308 e. The van der Waals surface area contributed by atoms with E-state index in [2.05, 4.69) is 60.9 Å². The number of nitrogens with one attached hydrogen (secondary N) is 1. The molecule has 0 aliphatic carbocycles. The van der Waals surface area contributed by atoms with Crippen LogP contribution in [0.2, 0.25) is 0 Å². The Morgan fingerprint density at radius 2 is 1.72 bits per heavy atom. The second-order valence-corrected chi connectivity index (χ2v) is 6.13. The average Bonchev–Trinajstić information content (AvgIpc) is 2.84. The third-order valence-corrected chi connectivity index (χ3v) is 3.75. The first-order chi connectivity index (χ1) is 8.74. The average molecular weight is 259 g/mol. The van der Waals surface area contributed by atoms with Gasteiger partial charge in [0.15, 0.2) is 0 Å². The fourth-order valence-electron chi connectivity index (χ4n) is 2.01. The van der Waals surface area contributed by atoms with Gasteiger partial charge in [-0.1, -0.05) is 44.2 Å². The first-order valence-electron chi connectivity index (χ1n) is 6.55. The summed E-state index contributed by atoms with van der Waals surface area (Å²) in [5.41, 5.74) is 2.80. The van der Waals surface area contributed by atoms with Gasteiger partial charge >= 0.3 is 0 Å². The van der Waals surface area contributed by atoms with Crippen LogP contribution in [0.1, 0.15) is 29.9 Å². The van der Waals surface area contributed by atoms with Gasteiger partial charge in [-0.05, 0) is 34.9 Å². The van der Waals surface area contributed by atoms with E-state index in [0.29, 0.717) is 0 Å². The van der Waals surface area contributed by atoms with E-state index in [0.717, 1.165) is 19.0 Å². The van der Waals surface area contributed by atoms with Gasteiger partial charge in [0.05, 0.1) is 0 Å². The topological polar surface area (TPSA) is 12.0 Å². The Morgan fingerprint density at radius 1 is 1.00 bits per heavy atom. The molecular weight excluding hydrogens is 238 g/mol. The zero-order chi connectivity index (χ0) is 12.8. The van der Waals surface area contributed by atoms with Crippen molar-refractivity contribution in [2.24, 2.45) is 5.92 Å². The molecule has 0 radical (unpaired) electrons. The van der Waals surface area contributed by atoms with Crippen molar-refractivity contribution in [3.8, 4) is 0 Å².